The molecular formula is C8H13N3O. The molecular weight excluding hydrogens is 154 g/mol. The molecule has 0 saturated heterocycles. The molecule has 0 aromatic carbocycles. The van der Waals surface area contributed by atoms with Crippen molar-refractivity contribution in [2.45, 2.75) is 19.8 Å². The van der Waals surface area contributed by atoms with Crippen LogP contribution in [0.15, 0.2) is 12.3 Å². The number of aromatic amines is 1. The molecule has 0 unspecified atom stereocenters. The second-order valence-corrected chi connectivity index (χ2v) is 2.97. The number of amides is 1. The number of aromatic nitrogens is 1. The van der Waals surface area contributed by atoms with E-state index in [0.717, 1.165) is 5.56 Å². The van der Waals surface area contributed by atoms with Gasteiger partial charge in [-0.2, -0.15) is 0 Å². The van der Waals surface area contributed by atoms with Gasteiger partial charge in [-0.15, -0.1) is 0 Å². The van der Waals surface area contributed by atoms with Crippen LogP contribution in [-0.4, -0.2) is 10.9 Å². The van der Waals surface area contributed by atoms with Crippen LogP contribution in [0.2, 0.25) is 0 Å². The van der Waals surface area contributed by atoms with E-state index in [9.17, 15) is 4.79 Å². The number of hydrazine groups is 1. The molecule has 1 amide bonds. The first-order valence-corrected chi connectivity index (χ1v) is 3.84. The largest absolute Gasteiger partial charge is 0.357 e. The third kappa shape index (κ3) is 1.65. The Hall–Kier alpha value is -1.29. The van der Waals surface area contributed by atoms with Gasteiger partial charge in [-0.05, 0) is 17.5 Å². The van der Waals surface area contributed by atoms with Crippen LogP contribution in [0.3, 0.4) is 0 Å². The third-order valence-corrected chi connectivity index (χ3v) is 1.75. The molecule has 0 saturated carbocycles. The van der Waals surface area contributed by atoms with Gasteiger partial charge in [0.05, 0.1) is 0 Å². The lowest BCUT2D eigenvalue weighted by Gasteiger charge is -1.97. The summed E-state index contributed by atoms with van der Waals surface area (Å²) in [5, 5.41) is 0. The monoisotopic (exact) mass is 167 g/mol. The number of hydrogen-bond acceptors (Lipinski definition) is 2. The fourth-order valence-corrected chi connectivity index (χ4v) is 0.953. The zero-order valence-corrected chi connectivity index (χ0v) is 7.22. The molecule has 1 aromatic heterocycles. The average molecular weight is 167 g/mol. The number of carbonyl (C=O) groups excluding carboxylic acids is 1. The lowest BCUT2D eigenvalue weighted by atomic mass is 10.1. The number of rotatable bonds is 2. The molecule has 0 aliphatic heterocycles. The van der Waals surface area contributed by atoms with E-state index in [0.29, 0.717) is 11.6 Å². The van der Waals surface area contributed by atoms with Gasteiger partial charge in [0.15, 0.2) is 0 Å². The fourth-order valence-electron chi connectivity index (χ4n) is 0.953. The van der Waals surface area contributed by atoms with Crippen molar-refractivity contribution in [3.05, 3.63) is 23.5 Å². The van der Waals surface area contributed by atoms with Crippen LogP contribution in [0, 0.1) is 0 Å². The van der Waals surface area contributed by atoms with E-state index in [1.54, 1.807) is 6.07 Å². The van der Waals surface area contributed by atoms with Gasteiger partial charge < -0.3 is 4.98 Å². The maximum absolute atomic E-state index is 11.0. The second kappa shape index (κ2) is 3.40. The molecule has 0 spiro atoms. The Labute approximate surface area is 71.1 Å². The smallest absolute Gasteiger partial charge is 0.281 e. The summed E-state index contributed by atoms with van der Waals surface area (Å²) in [4.78, 5) is 13.8. The molecule has 0 atom stereocenters. The van der Waals surface area contributed by atoms with E-state index < -0.39 is 0 Å². The van der Waals surface area contributed by atoms with E-state index in [1.165, 1.54) is 0 Å². The van der Waals surface area contributed by atoms with Crippen LogP contribution in [-0.2, 0) is 0 Å². The second-order valence-electron chi connectivity index (χ2n) is 2.97. The molecule has 4 heteroatoms. The van der Waals surface area contributed by atoms with E-state index >= 15 is 0 Å². The number of carbonyl (C=O) groups is 1. The van der Waals surface area contributed by atoms with Crippen LogP contribution in [0.5, 0.6) is 0 Å². The van der Waals surface area contributed by atoms with Gasteiger partial charge in [0.2, 0.25) is 0 Å². The Morgan fingerprint density at radius 1 is 1.67 bits per heavy atom. The molecule has 0 aliphatic carbocycles. The minimum absolute atomic E-state index is 0.290. The van der Waals surface area contributed by atoms with E-state index in [-0.39, 0.29) is 5.91 Å². The minimum atomic E-state index is -0.290. The highest BCUT2D eigenvalue weighted by atomic mass is 16.2. The van der Waals surface area contributed by atoms with Gasteiger partial charge in [0, 0.05) is 6.20 Å². The number of hydrogen-bond donors (Lipinski definition) is 3. The normalized spacial score (nSPS) is 10.3. The van der Waals surface area contributed by atoms with Crippen molar-refractivity contribution in [3.8, 4) is 0 Å². The lowest BCUT2D eigenvalue weighted by molar-refractivity contribution is 0.0949. The zero-order chi connectivity index (χ0) is 9.14. The summed E-state index contributed by atoms with van der Waals surface area (Å²) < 4.78 is 0. The van der Waals surface area contributed by atoms with Gasteiger partial charge >= 0.3 is 0 Å². The maximum atomic E-state index is 11.0. The number of nitrogen functional groups attached to an aromatic ring is 1. The quantitative estimate of drug-likeness (QED) is 0.345. The SMILES string of the molecule is CC(C)c1c[nH]c(C(=O)NN)c1. The summed E-state index contributed by atoms with van der Waals surface area (Å²) in [5.74, 6) is 5.10. The topological polar surface area (TPSA) is 70.9 Å². The summed E-state index contributed by atoms with van der Waals surface area (Å²) in [6.07, 6.45) is 1.81. The van der Waals surface area contributed by atoms with Gasteiger partial charge in [0.25, 0.3) is 5.91 Å². The Morgan fingerprint density at radius 2 is 2.33 bits per heavy atom. The van der Waals surface area contributed by atoms with E-state index in [1.807, 2.05) is 6.20 Å². The summed E-state index contributed by atoms with van der Waals surface area (Å²) in [5.41, 5.74) is 3.67. The van der Waals surface area contributed by atoms with Gasteiger partial charge in [-0.3, -0.25) is 10.2 Å². The summed E-state index contributed by atoms with van der Waals surface area (Å²) in [6.45, 7) is 4.13. The molecule has 1 rings (SSSR count). The van der Waals surface area contributed by atoms with Crippen molar-refractivity contribution < 1.29 is 4.79 Å². The molecule has 0 bridgehead atoms. The third-order valence-electron chi connectivity index (χ3n) is 1.75. The van der Waals surface area contributed by atoms with Crippen LogP contribution in [0.4, 0.5) is 0 Å². The first-order valence-electron chi connectivity index (χ1n) is 3.84. The van der Waals surface area contributed by atoms with Crippen molar-refractivity contribution in [2.24, 2.45) is 5.84 Å². The predicted molar refractivity (Wildman–Crippen MR) is 46.5 cm³/mol. The molecule has 4 nitrogen and oxygen atoms in total. The highest BCUT2D eigenvalue weighted by Gasteiger charge is 2.07. The summed E-state index contributed by atoms with van der Waals surface area (Å²) in [6, 6.07) is 1.80. The first kappa shape index (κ1) is 8.80. The molecule has 0 radical (unpaired) electrons. The molecule has 4 N–H and O–H groups in total. The van der Waals surface area contributed by atoms with Crippen molar-refractivity contribution in [1.29, 1.82) is 0 Å². The highest BCUT2D eigenvalue weighted by Crippen LogP contribution is 2.14. The van der Waals surface area contributed by atoms with Crippen molar-refractivity contribution in [3.63, 3.8) is 0 Å². The van der Waals surface area contributed by atoms with Gasteiger partial charge in [-0.1, -0.05) is 13.8 Å². The lowest BCUT2D eigenvalue weighted by Crippen LogP contribution is -2.30. The fraction of sp³-hybridized carbons (Fsp3) is 0.375. The Morgan fingerprint density at radius 3 is 2.75 bits per heavy atom. The van der Waals surface area contributed by atoms with Crippen molar-refractivity contribution >= 4 is 5.91 Å². The maximum Gasteiger partial charge on any atom is 0.281 e. The first-order chi connectivity index (χ1) is 5.65. The Bertz CT molecular complexity index is 278. The van der Waals surface area contributed by atoms with Crippen LogP contribution in [0.25, 0.3) is 0 Å². The van der Waals surface area contributed by atoms with Crippen LogP contribution < -0.4 is 11.3 Å². The molecule has 1 heterocycles. The van der Waals surface area contributed by atoms with Crippen molar-refractivity contribution in [2.75, 3.05) is 0 Å². The summed E-state index contributed by atoms with van der Waals surface area (Å²) in [7, 11) is 0. The molecule has 0 aliphatic rings. The van der Waals surface area contributed by atoms with Crippen molar-refractivity contribution in [1.82, 2.24) is 10.4 Å². The van der Waals surface area contributed by atoms with Gasteiger partial charge in [-0.25, -0.2) is 5.84 Å². The zero-order valence-electron chi connectivity index (χ0n) is 7.22. The number of nitrogens with one attached hydrogen (secondary N) is 2. The van der Waals surface area contributed by atoms with Crippen LogP contribution >= 0.6 is 0 Å². The Kier molecular flexibility index (Phi) is 2.50. The highest BCUT2D eigenvalue weighted by molar-refractivity contribution is 5.92. The van der Waals surface area contributed by atoms with Crippen LogP contribution in [0.1, 0.15) is 35.8 Å². The molecule has 12 heavy (non-hydrogen) atoms. The van der Waals surface area contributed by atoms with Gasteiger partial charge in [0.1, 0.15) is 5.69 Å². The number of nitrogens with two attached hydrogens (primary N) is 1. The predicted octanol–water partition coefficient (Wildman–Crippen LogP) is 0.742. The standard InChI is InChI=1S/C8H13N3O/c1-5(2)6-3-7(10-4-6)8(12)11-9/h3-5,10H,9H2,1-2H3,(H,11,12). The molecule has 0 fully saturated rings. The minimum Gasteiger partial charge on any atom is -0.357 e. The summed E-state index contributed by atoms with van der Waals surface area (Å²) >= 11 is 0. The van der Waals surface area contributed by atoms with E-state index in [4.69, 9.17) is 5.84 Å². The van der Waals surface area contributed by atoms with E-state index in [2.05, 4.69) is 24.3 Å². The number of H-pyrrole nitrogens is 1. The molecule has 66 valence electrons. The average Bonchev–Trinajstić information content (AvgIpc) is 2.51. The molecule has 1 aromatic rings. The Balaban J connectivity index is 2.84.